The maximum atomic E-state index is 13.9. The molecule has 4 fully saturated rings. The normalized spacial score (nSPS) is 41.6. The molecule has 6 rings (SSSR count). The van der Waals surface area contributed by atoms with E-state index < -0.39 is 0 Å². The number of aryl methyl sites for hydroxylation is 1. The summed E-state index contributed by atoms with van der Waals surface area (Å²) in [4.78, 5) is 9.08. The fourth-order valence-corrected chi connectivity index (χ4v) is 9.52. The lowest BCUT2D eigenvalue weighted by Crippen LogP contribution is -2.57. The third-order valence-electron chi connectivity index (χ3n) is 11.4. The Balaban J connectivity index is 1.14. The van der Waals surface area contributed by atoms with Gasteiger partial charge in [0.05, 0.1) is 17.0 Å². The number of halogens is 1. The third kappa shape index (κ3) is 3.53. The number of aliphatic hydroxyl groups excluding tert-OH is 1. The summed E-state index contributed by atoms with van der Waals surface area (Å²) in [6.07, 6.45) is 16.5. The van der Waals surface area contributed by atoms with Crippen molar-refractivity contribution in [3.63, 3.8) is 0 Å². The third-order valence-corrected chi connectivity index (χ3v) is 11.4. The van der Waals surface area contributed by atoms with Crippen LogP contribution < -0.4 is 0 Å². The molecule has 4 saturated carbocycles. The minimum atomic E-state index is -0.247. The van der Waals surface area contributed by atoms with E-state index in [4.69, 9.17) is 0 Å². The molecule has 0 amide bonds. The number of hydrogen-bond donors (Lipinski definition) is 1. The number of rotatable bonds is 4. The summed E-state index contributed by atoms with van der Waals surface area (Å²) in [5, 5.41) is 11.9. The summed E-state index contributed by atoms with van der Waals surface area (Å²) < 4.78 is 13.9. The topological polar surface area (TPSA) is 46.0 Å². The minimum absolute atomic E-state index is 0.0871. The molecule has 0 bridgehead atoms. The summed E-state index contributed by atoms with van der Waals surface area (Å²) in [5.41, 5.74) is 1.54. The van der Waals surface area contributed by atoms with Gasteiger partial charge in [0.25, 0.3) is 0 Å². The van der Waals surface area contributed by atoms with Crippen molar-refractivity contribution in [1.29, 1.82) is 0 Å². The second kappa shape index (κ2) is 8.54. The van der Waals surface area contributed by atoms with Crippen molar-refractivity contribution in [1.82, 2.24) is 9.97 Å². The molecule has 3 nitrogen and oxygen atoms in total. The Morgan fingerprint density at radius 3 is 2.76 bits per heavy atom. The van der Waals surface area contributed by atoms with Crippen LogP contribution in [-0.2, 0) is 6.42 Å². The van der Waals surface area contributed by atoms with Crippen LogP contribution in [0.15, 0.2) is 24.4 Å². The predicted molar refractivity (Wildman–Crippen MR) is 134 cm³/mol. The van der Waals surface area contributed by atoms with Crippen LogP contribution in [-0.4, -0.2) is 21.2 Å². The molecule has 184 valence electrons. The second-order valence-electron chi connectivity index (χ2n) is 12.7. The van der Waals surface area contributed by atoms with Crippen molar-refractivity contribution in [3.8, 4) is 0 Å². The van der Waals surface area contributed by atoms with Crippen LogP contribution in [0.5, 0.6) is 0 Å². The van der Waals surface area contributed by atoms with Gasteiger partial charge in [-0.3, -0.25) is 0 Å². The number of hydrogen-bond acceptors (Lipinski definition) is 3. The predicted octanol–water partition coefficient (Wildman–Crippen LogP) is 7.11. The highest BCUT2D eigenvalue weighted by Crippen LogP contribution is 2.67. The Kier molecular flexibility index (Phi) is 5.75. The van der Waals surface area contributed by atoms with Gasteiger partial charge in [-0.25, -0.2) is 14.4 Å². The van der Waals surface area contributed by atoms with E-state index >= 15 is 0 Å². The maximum Gasteiger partial charge on any atom is 0.134 e. The summed E-state index contributed by atoms with van der Waals surface area (Å²) in [6, 6.07) is 5.06. The van der Waals surface area contributed by atoms with E-state index in [1.165, 1.54) is 63.9 Å². The molecule has 0 spiro atoms. The van der Waals surface area contributed by atoms with Crippen LogP contribution in [0, 0.1) is 46.2 Å². The van der Waals surface area contributed by atoms with Crippen LogP contribution in [0.3, 0.4) is 0 Å². The molecule has 1 N–H and O–H groups in total. The highest BCUT2D eigenvalue weighted by Gasteiger charge is 2.61. The first kappa shape index (κ1) is 22.9. The average Bonchev–Trinajstić information content (AvgIpc) is 3.16. The zero-order valence-electron chi connectivity index (χ0n) is 21.0. The van der Waals surface area contributed by atoms with Gasteiger partial charge in [-0.15, -0.1) is 0 Å². The van der Waals surface area contributed by atoms with Crippen molar-refractivity contribution >= 4 is 10.9 Å². The highest BCUT2D eigenvalue weighted by molar-refractivity contribution is 5.78. The lowest BCUT2D eigenvalue weighted by atomic mass is 9.44. The van der Waals surface area contributed by atoms with Crippen LogP contribution in [0.2, 0.25) is 0 Å². The first-order valence-corrected chi connectivity index (χ1v) is 14.0. The van der Waals surface area contributed by atoms with Gasteiger partial charge in [0, 0.05) is 12.6 Å². The van der Waals surface area contributed by atoms with Crippen LogP contribution in [0.25, 0.3) is 10.9 Å². The van der Waals surface area contributed by atoms with E-state index in [0.717, 1.165) is 42.8 Å². The Morgan fingerprint density at radius 2 is 1.88 bits per heavy atom. The van der Waals surface area contributed by atoms with E-state index in [0.29, 0.717) is 33.6 Å². The van der Waals surface area contributed by atoms with E-state index in [1.807, 2.05) is 6.07 Å². The molecule has 2 aromatic rings. The fraction of sp³-hybridized carbons (Fsp3) is 0.733. The van der Waals surface area contributed by atoms with Gasteiger partial charge >= 0.3 is 0 Å². The van der Waals surface area contributed by atoms with Gasteiger partial charge < -0.3 is 5.11 Å². The minimum Gasteiger partial charge on any atom is -0.393 e. The van der Waals surface area contributed by atoms with Crippen molar-refractivity contribution in [2.45, 2.75) is 97.0 Å². The quantitative estimate of drug-likeness (QED) is 0.524. The van der Waals surface area contributed by atoms with Gasteiger partial charge in [0.2, 0.25) is 0 Å². The van der Waals surface area contributed by atoms with Gasteiger partial charge in [0.15, 0.2) is 0 Å². The van der Waals surface area contributed by atoms with Crippen molar-refractivity contribution < 1.29 is 9.50 Å². The number of aromatic nitrogens is 2. The van der Waals surface area contributed by atoms with Crippen molar-refractivity contribution in [2.24, 2.45) is 40.4 Å². The Bertz CT molecular complexity index is 1060. The highest BCUT2D eigenvalue weighted by atomic mass is 19.1. The van der Waals surface area contributed by atoms with Crippen LogP contribution in [0.4, 0.5) is 4.39 Å². The summed E-state index contributed by atoms with van der Waals surface area (Å²) >= 11 is 0. The molecule has 34 heavy (non-hydrogen) atoms. The summed E-state index contributed by atoms with van der Waals surface area (Å²) in [6.45, 7) is 5.15. The average molecular weight is 465 g/mol. The first-order chi connectivity index (χ1) is 16.4. The molecular formula is C30H41FN2O. The Labute approximate surface area is 204 Å². The molecule has 1 aromatic carbocycles. The molecular weight excluding hydrogens is 423 g/mol. The first-order valence-electron chi connectivity index (χ1n) is 14.0. The Morgan fingerprint density at radius 1 is 1.03 bits per heavy atom. The Hall–Kier alpha value is -1.55. The molecule has 8 atom stereocenters. The van der Waals surface area contributed by atoms with Gasteiger partial charge in [0.1, 0.15) is 11.6 Å². The zero-order valence-corrected chi connectivity index (χ0v) is 21.0. The van der Waals surface area contributed by atoms with E-state index in [1.54, 1.807) is 12.3 Å². The maximum absolute atomic E-state index is 13.9. The zero-order chi connectivity index (χ0) is 23.5. The molecule has 4 aliphatic carbocycles. The molecule has 1 aromatic heterocycles. The monoisotopic (exact) mass is 464 g/mol. The van der Waals surface area contributed by atoms with Crippen LogP contribution in [0.1, 0.15) is 90.3 Å². The number of nitrogens with zero attached hydrogens (tertiary/aromatic N) is 2. The smallest absolute Gasteiger partial charge is 0.134 e. The molecule has 8 unspecified atom stereocenters. The summed E-state index contributed by atoms with van der Waals surface area (Å²) in [7, 11) is 0. The number of fused-ring (bicyclic) bond motifs is 6. The van der Waals surface area contributed by atoms with Crippen molar-refractivity contribution in [2.75, 3.05) is 0 Å². The number of aliphatic hydroxyl groups is 1. The largest absolute Gasteiger partial charge is 0.393 e. The van der Waals surface area contributed by atoms with Gasteiger partial charge in [-0.1, -0.05) is 32.8 Å². The fourth-order valence-electron chi connectivity index (χ4n) is 9.52. The lowest BCUT2D eigenvalue weighted by molar-refractivity contribution is -0.162. The van der Waals surface area contributed by atoms with Crippen LogP contribution >= 0.6 is 0 Å². The van der Waals surface area contributed by atoms with E-state index in [-0.39, 0.29) is 11.9 Å². The molecule has 4 aliphatic rings. The second-order valence-corrected chi connectivity index (χ2v) is 12.7. The molecule has 1 heterocycles. The summed E-state index contributed by atoms with van der Waals surface area (Å²) in [5.74, 6) is 4.00. The molecule has 0 saturated heterocycles. The molecule has 0 aliphatic heterocycles. The SMILES string of the molecule is CC12CCC3C(C(O)CC4CCCCC43C)C1CCC2CCCc1ncc2c(F)cccc2n1. The van der Waals surface area contributed by atoms with E-state index in [2.05, 4.69) is 23.8 Å². The molecule has 4 heteroatoms. The standard InChI is InChI=1S/C30H41FN2O/c1-29-15-4-3-7-20(29)17-26(34)28-22-13-12-19(30(22,2)16-14-23(28)29)8-5-11-27-32-18-21-24(31)9-6-10-25(21)33-27/h6,9-10,18-20,22-23,26,28,34H,3-5,7-8,11-17H2,1-2H3. The number of benzene rings is 1. The molecule has 0 radical (unpaired) electrons. The lowest BCUT2D eigenvalue weighted by Gasteiger charge is -2.62. The van der Waals surface area contributed by atoms with Crippen molar-refractivity contribution in [3.05, 3.63) is 36.0 Å². The van der Waals surface area contributed by atoms with Gasteiger partial charge in [-0.05, 0) is 110 Å². The van der Waals surface area contributed by atoms with E-state index in [9.17, 15) is 9.50 Å². The van der Waals surface area contributed by atoms with Gasteiger partial charge in [-0.2, -0.15) is 0 Å².